The Bertz CT molecular complexity index is 748. The highest BCUT2D eigenvalue weighted by molar-refractivity contribution is 5.62. The van der Waals surface area contributed by atoms with Crippen molar-refractivity contribution in [2.45, 2.75) is 47.0 Å². The van der Waals surface area contributed by atoms with Gasteiger partial charge in [0.25, 0.3) is 13.1 Å². The van der Waals surface area contributed by atoms with Gasteiger partial charge in [-0.2, -0.15) is 0 Å². The van der Waals surface area contributed by atoms with Crippen molar-refractivity contribution in [1.82, 2.24) is 0 Å². The van der Waals surface area contributed by atoms with E-state index in [1.165, 1.54) is 22.3 Å². The van der Waals surface area contributed by atoms with Crippen LogP contribution in [0.15, 0.2) is 24.3 Å². The van der Waals surface area contributed by atoms with E-state index in [1.54, 1.807) is 0 Å². The molecule has 0 saturated carbocycles. The highest BCUT2D eigenvalue weighted by Crippen LogP contribution is 2.30. The number of aryl methyl sites for hydroxylation is 4. The van der Waals surface area contributed by atoms with Crippen LogP contribution in [0.3, 0.4) is 0 Å². The fraction of sp³-hybridized carbons (Fsp3) is 0.333. The van der Waals surface area contributed by atoms with Crippen LogP contribution < -0.4 is 0 Å². The number of nitrogens with zero attached hydrogens (tertiary/aromatic N) is 2. The molecular formula is C21H24N2+2. The largest absolute Gasteiger partial charge is 0.345 e. The van der Waals surface area contributed by atoms with Crippen LogP contribution in [0.2, 0.25) is 0 Å². The highest BCUT2D eigenvalue weighted by Gasteiger charge is 2.17. The van der Waals surface area contributed by atoms with E-state index < -0.39 is 0 Å². The SMILES string of the molecule is C#[N+]c1c(C)cc(Cc2cc(C)c([N+]#C)c(CC)c2)cc1CC. The van der Waals surface area contributed by atoms with Crippen molar-refractivity contribution in [2.24, 2.45) is 0 Å². The summed E-state index contributed by atoms with van der Waals surface area (Å²) in [5.41, 5.74) is 9.05. The summed E-state index contributed by atoms with van der Waals surface area (Å²) >= 11 is 0. The third kappa shape index (κ3) is 3.43. The Morgan fingerprint density at radius 1 is 0.739 bits per heavy atom. The van der Waals surface area contributed by atoms with Gasteiger partial charge in [0.1, 0.15) is 0 Å². The first-order valence-corrected chi connectivity index (χ1v) is 8.10. The average Bonchev–Trinajstić information content (AvgIpc) is 2.53. The molecule has 23 heavy (non-hydrogen) atoms. The zero-order valence-electron chi connectivity index (χ0n) is 14.5. The molecule has 0 radical (unpaired) electrons. The van der Waals surface area contributed by atoms with Crippen LogP contribution in [0.25, 0.3) is 9.69 Å². The summed E-state index contributed by atoms with van der Waals surface area (Å²) in [5.74, 6) is 0. The Hall–Kier alpha value is -2.58. The summed E-state index contributed by atoms with van der Waals surface area (Å²) in [6, 6.07) is 8.77. The lowest BCUT2D eigenvalue weighted by atomic mass is 9.94. The van der Waals surface area contributed by atoms with Gasteiger partial charge >= 0.3 is 11.4 Å². The molecule has 0 aliphatic carbocycles. The van der Waals surface area contributed by atoms with Gasteiger partial charge in [0.2, 0.25) is 0 Å². The molecule has 0 N–H and O–H groups in total. The summed E-state index contributed by atoms with van der Waals surface area (Å²) < 4.78 is 0. The molecule has 0 aromatic heterocycles. The lowest BCUT2D eigenvalue weighted by Gasteiger charge is -2.08. The standard InChI is InChI=1S/C21H24N2/c1-7-18-12-16(9-14(3)20(18)22-5)11-17-10-15(4)21(23-6)19(8-2)13-17/h5-6,9-10,12-13H,7-8,11H2,1-4H3/q+2. The lowest BCUT2D eigenvalue weighted by molar-refractivity contribution is 1.08. The fourth-order valence-corrected chi connectivity index (χ4v) is 3.22. The number of hydrogen-bond donors (Lipinski definition) is 0. The second kappa shape index (κ2) is 7.12. The Morgan fingerprint density at radius 3 is 1.43 bits per heavy atom. The average molecular weight is 304 g/mol. The number of rotatable bonds is 4. The fourth-order valence-electron chi connectivity index (χ4n) is 3.22. The van der Waals surface area contributed by atoms with E-state index in [-0.39, 0.29) is 0 Å². The molecule has 0 heterocycles. The smallest absolute Gasteiger partial charge is 0.0610 e. The summed E-state index contributed by atoms with van der Waals surface area (Å²) in [7, 11) is 0. The summed E-state index contributed by atoms with van der Waals surface area (Å²) in [6.07, 6.45) is 2.74. The minimum atomic E-state index is 0.886. The first kappa shape index (κ1) is 16.8. The second-order valence-corrected chi connectivity index (χ2v) is 5.98. The third-order valence-electron chi connectivity index (χ3n) is 4.31. The predicted octanol–water partition coefficient (Wildman–Crippen LogP) is 6.21. The molecule has 2 nitrogen and oxygen atoms in total. The van der Waals surface area contributed by atoms with Crippen molar-refractivity contribution in [2.75, 3.05) is 0 Å². The molecule has 2 heteroatoms. The normalized spacial score (nSPS) is 10.2. The van der Waals surface area contributed by atoms with E-state index in [4.69, 9.17) is 13.1 Å². The van der Waals surface area contributed by atoms with Crippen LogP contribution in [0.1, 0.15) is 47.2 Å². The maximum atomic E-state index is 5.52. The van der Waals surface area contributed by atoms with Crippen molar-refractivity contribution in [3.8, 4) is 13.1 Å². The van der Waals surface area contributed by atoms with Gasteiger partial charge in [-0.15, -0.1) is 0 Å². The van der Waals surface area contributed by atoms with E-state index in [0.717, 1.165) is 41.8 Å². The number of benzene rings is 2. The summed E-state index contributed by atoms with van der Waals surface area (Å²) in [5, 5.41) is 0. The molecule has 0 unspecified atom stereocenters. The Morgan fingerprint density at radius 2 is 1.13 bits per heavy atom. The van der Waals surface area contributed by atoms with Crippen LogP contribution in [0, 0.1) is 27.0 Å². The van der Waals surface area contributed by atoms with E-state index in [2.05, 4.69) is 61.7 Å². The zero-order chi connectivity index (χ0) is 17.0. The van der Waals surface area contributed by atoms with Crippen molar-refractivity contribution in [3.63, 3.8) is 0 Å². The van der Waals surface area contributed by atoms with Gasteiger partial charge in [-0.05, 0) is 78.2 Å². The van der Waals surface area contributed by atoms with Crippen LogP contribution in [-0.4, -0.2) is 0 Å². The van der Waals surface area contributed by atoms with Crippen molar-refractivity contribution < 1.29 is 0 Å². The van der Waals surface area contributed by atoms with Crippen molar-refractivity contribution in [3.05, 3.63) is 67.3 Å². The molecule has 116 valence electrons. The number of hydrogen-bond acceptors (Lipinski definition) is 0. The molecule has 0 bridgehead atoms. The molecule has 0 aliphatic heterocycles. The zero-order valence-corrected chi connectivity index (χ0v) is 14.5. The van der Waals surface area contributed by atoms with Gasteiger partial charge in [0, 0.05) is 22.3 Å². The van der Waals surface area contributed by atoms with Gasteiger partial charge in [0.15, 0.2) is 0 Å². The molecular weight excluding hydrogens is 280 g/mol. The van der Waals surface area contributed by atoms with Gasteiger partial charge in [-0.1, -0.05) is 13.8 Å². The van der Waals surface area contributed by atoms with E-state index in [9.17, 15) is 0 Å². The summed E-state index contributed by atoms with van der Waals surface area (Å²) in [6.45, 7) is 19.4. The monoisotopic (exact) mass is 304 g/mol. The highest BCUT2D eigenvalue weighted by atomic mass is 14.7. The van der Waals surface area contributed by atoms with Crippen LogP contribution in [-0.2, 0) is 19.3 Å². The quantitative estimate of drug-likeness (QED) is 0.635. The van der Waals surface area contributed by atoms with Gasteiger partial charge in [-0.25, -0.2) is 0 Å². The minimum Gasteiger partial charge on any atom is -0.0610 e. The molecule has 2 aromatic carbocycles. The Kier molecular flexibility index (Phi) is 5.20. The maximum absolute atomic E-state index is 5.52. The Balaban J connectivity index is 2.45. The van der Waals surface area contributed by atoms with Crippen LogP contribution in [0.4, 0.5) is 11.4 Å². The van der Waals surface area contributed by atoms with Crippen LogP contribution >= 0.6 is 0 Å². The molecule has 0 fully saturated rings. The topological polar surface area (TPSA) is 8.72 Å². The van der Waals surface area contributed by atoms with Crippen molar-refractivity contribution >= 4 is 11.4 Å². The molecule has 0 amide bonds. The maximum Gasteiger partial charge on any atom is 0.345 e. The summed E-state index contributed by atoms with van der Waals surface area (Å²) in [4.78, 5) is 7.85. The predicted molar refractivity (Wildman–Crippen MR) is 99.8 cm³/mol. The molecule has 0 saturated heterocycles. The molecule has 2 rings (SSSR count). The second-order valence-electron chi connectivity index (χ2n) is 5.98. The molecule has 0 atom stereocenters. The first-order valence-electron chi connectivity index (χ1n) is 8.10. The molecule has 0 spiro atoms. The van der Waals surface area contributed by atoms with Gasteiger partial charge in [-0.3, -0.25) is 0 Å². The van der Waals surface area contributed by atoms with E-state index in [0.29, 0.717) is 0 Å². The van der Waals surface area contributed by atoms with Crippen molar-refractivity contribution in [1.29, 1.82) is 0 Å². The van der Waals surface area contributed by atoms with E-state index >= 15 is 0 Å². The Labute approximate surface area is 139 Å². The van der Waals surface area contributed by atoms with Gasteiger partial charge < -0.3 is 0 Å². The molecule has 2 aromatic rings. The first-order chi connectivity index (χ1) is 11.0. The lowest BCUT2D eigenvalue weighted by Crippen LogP contribution is -1.95. The third-order valence-corrected chi connectivity index (χ3v) is 4.31. The van der Waals surface area contributed by atoms with Gasteiger partial charge in [0.05, 0.1) is 0 Å². The van der Waals surface area contributed by atoms with E-state index in [1.807, 2.05) is 0 Å². The minimum absolute atomic E-state index is 0.886. The van der Waals surface area contributed by atoms with Crippen LogP contribution in [0.5, 0.6) is 0 Å². The molecule has 0 aliphatic rings.